The molecule has 1 unspecified atom stereocenters. The number of aryl methyl sites for hydroxylation is 2. The van der Waals surface area contributed by atoms with Gasteiger partial charge in [0.2, 0.25) is 15.9 Å². The molecule has 1 aromatic rings. The molecule has 1 aromatic carbocycles. The Morgan fingerprint density at radius 3 is 2.65 bits per heavy atom. The smallest absolute Gasteiger partial charge is 0.231 e. The van der Waals surface area contributed by atoms with Crippen LogP contribution >= 0.6 is 0 Å². The minimum absolute atomic E-state index is 0.0227. The van der Waals surface area contributed by atoms with Crippen LogP contribution in [-0.4, -0.2) is 44.5 Å². The molecule has 1 fully saturated rings. The molecule has 1 saturated heterocycles. The number of nitrogens with zero attached hydrogens (tertiary/aromatic N) is 2. The van der Waals surface area contributed by atoms with Crippen molar-refractivity contribution in [3.05, 3.63) is 29.3 Å². The molecule has 0 saturated carbocycles. The third-order valence-corrected chi connectivity index (χ3v) is 5.71. The molecular formula is C17H26N2O3S. The fourth-order valence-electron chi connectivity index (χ4n) is 3.12. The van der Waals surface area contributed by atoms with Crippen LogP contribution in [0.15, 0.2) is 18.2 Å². The van der Waals surface area contributed by atoms with Gasteiger partial charge in [-0.1, -0.05) is 12.1 Å². The number of amides is 1. The summed E-state index contributed by atoms with van der Waals surface area (Å²) in [5.41, 5.74) is 3.09. The second-order valence-electron chi connectivity index (χ2n) is 6.33. The van der Waals surface area contributed by atoms with Gasteiger partial charge in [-0.3, -0.25) is 4.79 Å². The first-order valence-corrected chi connectivity index (χ1v) is 9.92. The highest BCUT2D eigenvalue weighted by Crippen LogP contribution is 2.26. The van der Waals surface area contributed by atoms with Gasteiger partial charge in [0.15, 0.2) is 0 Å². The molecule has 0 aliphatic carbocycles. The first kappa shape index (κ1) is 17.9. The normalized spacial score (nSPS) is 19.6. The largest absolute Gasteiger partial charge is 0.312 e. The van der Waals surface area contributed by atoms with E-state index in [9.17, 15) is 13.2 Å². The van der Waals surface area contributed by atoms with E-state index in [1.165, 1.54) is 10.6 Å². The second kappa shape index (κ2) is 7.01. The van der Waals surface area contributed by atoms with E-state index in [2.05, 4.69) is 0 Å². The SMILES string of the molecule is CCN(C(=O)C1CCCN(S(C)(=O)=O)C1)c1cc(C)ccc1C. The Morgan fingerprint density at radius 1 is 1.35 bits per heavy atom. The summed E-state index contributed by atoms with van der Waals surface area (Å²) in [4.78, 5) is 14.8. The summed E-state index contributed by atoms with van der Waals surface area (Å²) in [5, 5.41) is 0. The second-order valence-corrected chi connectivity index (χ2v) is 8.32. The number of hydrogen-bond donors (Lipinski definition) is 0. The molecule has 128 valence electrons. The van der Waals surface area contributed by atoms with Crippen molar-refractivity contribution >= 4 is 21.6 Å². The molecule has 6 heteroatoms. The molecule has 0 aromatic heterocycles. The van der Waals surface area contributed by atoms with Gasteiger partial charge >= 0.3 is 0 Å². The van der Waals surface area contributed by atoms with Crippen LogP contribution < -0.4 is 4.90 Å². The quantitative estimate of drug-likeness (QED) is 0.846. The molecule has 1 aliphatic rings. The fourth-order valence-corrected chi connectivity index (χ4v) is 4.03. The maximum atomic E-state index is 13.0. The van der Waals surface area contributed by atoms with Gasteiger partial charge < -0.3 is 4.90 Å². The van der Waals surface area contributed by atoms with Crippen molar-refractivity contribution in [3.8, 4) is 0 Å². The number of benzene rings is 1. The zero-order valence-electron chi connectivity index (χ0n) is 14.4. The number of rotatable bonds is 4. The van der Waals surface area contributed by atoms with Crippen molar-refractivity contribution in [2.24, 2.45) is 5.92 Å². The van der Waals surface area contributed by atoms with Crippen LogP contribution in [0.4, 0.5) is 5.69 Å². The zero-order chi connectivity index (χ0) is 17.2. The van der Waals surface area contributed by atoms with E-state index < -0.39 is 10.0 Å². The first-order chi connectivity index (χ1) is 10.7. The fraction of sp³-hybridized carbons (Fsp3) is 0.588. The number of carbonyl (C=O) groups is 1. The van der Waals surface area contributed by atoms with Crippen LogP contribution in [0.5, 0.6) is 0 Å². The molecule has 0 radical (unpaired) electrons. The lowest BCUT2D eigenvalue weighted by Crippen LogP contribution is -2.46. The van der Waals surface area contributed by atoms with Gasteiger partial charge in [-0.15, -0.1) is 0 Å². The molecule has 0 bridgehead atoms. The predicted octanol–water partition coefficient (Wildman–Crippen LogP) is 2.33. The number of piperidine rings is 1. The summed E-state index contributed by atoms with van der Waals surface area (Å²) in [6, 6.07) is 6.07. The Labute approximate surface area is 139 Å². The lowest BCUT2D eigenvalue weighted by atomic mass is 9.97. The summed E-state index contributed by atoms with van der Waals surface area (Å²) in [6.07, 6.45) is 2.68. The third-order valence-electron chi connectivity index (χ3n) is 4.44. The van der Waals surface area contributed by atoms with Crippen LogP contribution in [-0.2, 0) is 14.8 Å². The maximum Gasteiger partial charge on any atom is 0.231 e. The van der Waals surface area contributed by atoms with E-state index in [0.717, 1.165) is 29.7 Å². The highest BCUT2D eigenvalue weighted by molar-refractivity contribution is 7.88. The molecule has 23 heavy (non-hydrogen) atoms. The number of hydrogen-bond acceptors (Lipinski definition) is 3. The Kier molecular flexibility index (Phi) is 5.47. The Bertz CT molecular complexity index is 685. The lowest BCUT2D eigenvalue weighted by Gasteiger charge is -2.34. The Balaban J connectivity index is 2.24. The highest BCUT2D eigenvalue weighted by atomic mass is 32.2. The molecule has 1 aliphatic heterocycles. The van der Waals surface area contributed by atoms with E-state index in [4.69, 9.17) is 0 Å². The van der Waals surface area contributed by atoms with Gasteiger partial charge in [0, 0.05) is 25.3 Å². The van der Waals surface area contributed by atoms with Crippen LogP contribution in [0.2, 0.25) is 0 Å². The van der Waals surface area contributed by atoms with Gasteiger partial charge in [-0.2, -0.15) is 0 Å². The zero-order valence-corrected chi connectivity index (χ0v) is 15.2. The molecule has 5 nitrogen and oxygen atoms in total. The molecule has 1 heterocycles. The molecular weight excluding hydrogens is 312 g/mol. The number of carbonyl (C=O) groups excluding carboxylic acids is 1. The minimum Gasteiger partial charge on any atom is -0.312 e. The third kappa shape index (κ3) is 4.12. The van der Waals surface area contributed by atoms with Crippen molar-refractivity contribution in [1.82, 2.24) is 4.31 Å². The number of sulfonamides is 1. The summed E-state index contributed by atoms with van der Waals surface area (Å²) in [6.45, 7) is 7.34. The average molecular weight is 338 g/mol. The van der Waals surface area contributed by atoms with Crippen LogP contribution in [0, 0.1) is 19.8 Å². The van der Waals surface area contributed by atoms with Crippen LogP contribution in [0.25, 0.3) is 0 Å². The Morgan fingerprint density at radius 2 is 2.04 bits per heavy atom. The molecule has 2 rings (SSSR count). The molecule has 0 N–H and O–H groups in total. The van der Waals surface area contributed by atoms with Crippen molar-refractivity contribution in [1.29, 1.82) is 0 Å². The lowest BCUT2D eigenvalue weighted by molar-refractivity contribution is -0.123. The highest BCUT2D eigenvalue weighted by Gasteiger charge is 2.33. The van der Waals surface area contributed by atoms with Crippen molar-refractivity contribution < 1.29 is 13.2 Å². The van der Waals surface area contributed by atoms with Gasteiger partial charge in [-0.25, -0.2) is 12.7 Å². The summed E-state index contributed by atoms with van der Waals surface area (Å²) >= 11 is 0. The maximum absolute atomic E-state index is 13.0. The first-order valence-electron chi connectivity index (χ1n) is 8.07. The summed E-state index contributed by atoms with van der Waals surface area (Å²) < 4.78 is 25.0. The van der Waals surface area contributed by atoms with E-state index in [-0.39, 0.29) is 11.8 Å². The summed E-state index contributed by atoms with van der Waals surface area (Å²) in [5.74, 6) is -0.243. The van der Waals surface area contributed by atoms with Crippen molar-refractivity contribution in [3.63, 3.8) is 0 Å². The van der Waals surface area contributed by atoms with Gasteiger partial charge in [0.1, 0.15) is 0 Å². The van der Waals surface area contributed by atoms with Gasteiger partial charge in [0.05, 0.1) is 12.2 Å². The standard InChI is InChI=1S/C17H26N2O3S/c1-5-19(16-11-13(2)8-9-14(16)3)17(20)15-7-6-10-18(12-15)23(4,21)22/h8-9,11,15H,5-7,10,12H2,1-4H3. The monoisotopic (exact) mass is 338 g/mol. The van der Waals surface area contributed by atoms with Crippen molar-refractivity contribution in [2.45, 2.75) is 33.6 Å². The molecule has 1 atom stereocenters. The van der Waals surface area contributed by atoms with E-state index >= 15 is 0 Å². The van der Waals surface area contributed by atoms with Crippen LogP contribution in [0.1, 0.15) is 30.9 Å². The Hall–Kier alpha value is -1.40. The predicted molar refractivity (Wildman–Crippen MR) is 93.1 cm³/mol. The summed E-state index contributed by atoms with van der Waals surface area (Å²) in [7, 11) is -3.24. The molecule has 1 amide bonds. The van der Waals surface area contributed by atoms with Gasteiger partial charge in [-0.05, 0) is 50.8 Å². The number of anilines is 1. The minimum atomic E-state index is -3.24. The average Bonchev–Trinajstić information content (AvgIpc) is 2.50. The van der Waals surface area contributed by atoms with E-state index in [1.54, 1.807) is 4.90 Å². The topological polar surface area (TPSA) is 57.7 Å². The van der Waals surface area contributed by atoms with E-state index in [0.29, 0.717) is 19.6 Å². The van der Waals surface area contributed by atoms with Gasteiger partial charge in [0.25, 0.3) is 0 Å². The molecule has 0 spiro atoms. The van der Waals surface area contributed by atoms with E-state index in [1.807, 2.05) is 39.0 Å². The van der Waals surface area contributed by atoms with Crippen LogP contribution in [0.3, 0.4) is 0 Å². The van der Waals surface area contributed by atoms with Crippen molar-refractivity contribution in [2.75, 3.05) is 30.8 Å².